The van der Waals surface area contributed by atoms with E-state index < -0.39 is 23.1 Å². The van der Waals surface area contributed by atoms with Crippen molar-refractivity contribution in [3.05, 3.63) is 20.8 Å². The Morgan fingerprint density at radius 3 is 2.59 bits per heavy atom. The number of aryl methyl sites for hydroxylation is 1. The zero-order valence-electron chi connectivity index (χ0n) is 9.80. The van der Waals surface area contributed by atoms with Crippen LogP contribution < -0.4 is 16.6 Å². The van der Waals surface area contributed by atoms with Crippen molar-refractivity contribution in [2.24, 2.45) is 20.0 Å². The summed E-state index contributed by atoms with van der Waals surface area (Å²) in [5, 5.41) is 15.0. The van der Waals surface area contributed by atoms with Crippen molar-refractivity contribution >= 4 is 11.8 Å². The first-order valence-corrected chi connectivity index (χ1v) is 4.95. The lowest BCUT2D eigenvalue weighted by Gasteiger charge is -2.09. The van der Waals surface area contributed by atoms with Crippen LogP contribution in [0.1, 0.15) is 6.92 Å². The minimum absolute atomic E-state index is 0.0392. The van der Waals surface area contributed by atoms with Crippen molar-refractivity contribution < 1.29 is 9.90 Å². The average Bonchev–Trinajstić information content (AvgIpc) is 2.28. The van der Waals surface area contributed by atoms with Gasteiger partial charge in [-0.15, -0.1) is 5.10 Å². The Labute approximate surface area is 96.5 Å². The number of carbonyl (C=O) groups is 1. The summed E-state index contributed by atoms with van der Waals surface area (Å²) in [6.07, 6.45) is 0. The predicted molar refractivity (Wildman–Crippen MR) is 60.0 cm³/mol. The summed E-state index contributed by atoms with van der Waals surface area (Å²) in [6.45, 7) is 1.57. The van der Waals surface area contributed by atoms with Crippen LogP contribution in [0.5, 0.6) is 0 Å². The van der Waals surface area contributed by atoms with Gasteiger partial charge in [0.1, 0.15) is 0 Å². The second-order valence-electron chi connectivity index (χ2n) is 3.74. The van der Waals surface area contributed by atoms with Crippen LogP contribution >= 0.6 is 0 Å². The number of carboxylic acids is 1. The molecule has 1 unspecified atom stereocenters. The molecule has 1 heterocycles. The summed E-state index contributed by atoms with van der Waals surface area (Å²) in [5.74, 6) is -1.67. The molecule has 0 saturated carbocycles. The van der Waals surface area contributed by atoms with Gasteiger partial charge in [0.15, 0.2) is 0 Å². The normalized spacial score (nSPS) is 12.2. The number of hydrogen-bond donors (Lipinski definition) is 2. The molecule has 17 heavy (non-hydrogen) atoms. The van der Waals surface area contributed by atoms with Gasteiger partial charge in [0.25, 0.3) is 5.56 Å². The second-order valence-corrected chi connectivity index (χ2v) is 3.74. The summed E-state index contributed by atoms with van der Waals surface area (Å²) in [6, 6.07) is 0. The number of aromatic nitrogens is 3. The quantitative estimate of drug-likeness (QED) is 0.673. The van der Waals surface area contributed by atoms with Gasteiger partial charge in [-0.1, -0.05) is 6.92 Å². The second kappa shape index (κ2) is 4.81. The SMILES string of the molecule is CC(CNc1nn(C)c(=O)n(C)c1=O)C(=O)O. The number of hydrogen-bond acceptors (Lipinski definition) is 5. The molecule has 1 aromatic heterocycles. The van der Waals surface area contributed by atoms with Crippen LogP contribution in [-0.4, -0.2) is 32.0 Å². The molecule has 94 valence electrons. The largest absolute Gasteiger partial charge is 0.481 e. The van der Waals surface area contributed by atoms with Gasteiger partial charge in [0.2, 0.25) is 5.82 Å². The lowest BCUT2D eigenvalue weighted by atomic mass is 10.2. The number of nitrogens with one attached hydrogen (secondary N) is 1. The zero-order chi connectivity index (χ0) is 13.2. The van der Waals surface area contributed by atoms with Gasteiger partial charge in [-0.3, -0.25) is 14.2 Å². The summed E-state index contributed by atoms with van der Waals surface area (Å²) >= 11 is 0. The Bertz CT molecular complexity index is 545. The molecule has 8 heteroatoms. The van der Waals surface area contributed by atoms with Crippen molar-refractivity contribution in [1.29, 1.82) is 0 Å². The van der Waals surface area contributed by atoms with Crippen LogP contribution in [0.25, 0.3) is 0 Å². The van der Waals surface area contributed by atoms with E-state index in [1.165, 1.54) is 21.0 Å². The third-order valence-electron chi connectivity index (χ3n) is 2.32. The molecule has 0 spiro atoms. The molecule has 0 aromatic carbocycles. The molecule has 0 amide bonds. The van der Waals surface area contributed by atoms with E-state index in [1.54, 1.807) is 0 Å². The van der Waals surface area contributed by atoms with Crippen LogP contribution in [0.3, 0.4) is 0 Å². The van der Waals surface area contributed by atoms with E-state index in [9.17, 15) is 14.4 Å². The molecule has 1 atom stereocenters. The molecule has 0 bridgehead atoms. The lowest BCUT2D eigenvalue weighted by Crippen LogP contribution is -2.40. The molecule has 8 nitrogen and oxygen atoms in total. The first kappa shape index (κ1) is 12.9. The highest BCUT2D eigenvalue weighted by molar-refractivity contribution is 5.70. The van der Waals surface area contributed by atoms with Gasteiger partial charge < -0.3 is 10.4 Å². The summed E-state index contributed by atoms with van der Waals surface area (Å²) in [7, 11) is 2.74. The van der Waals surface area contributed by atoms with Crippen molar-refractivity contribution in [3.8, 4) is 0 Å². The topological polar surface area (TPSA) is 106 Å². The number of rotatable bonds is 4. The van der Waals surface area contributed by atoms with E-state index in [0.717, 1.165) is 9.25 Å². The Hall–Kier alpha value is -2.12. The maximum Gasteiger partial charge on any atom is 0.346 e. The summed E-state index contributed by atoms with van der Waals surface area (Å²) in [5.41, 5.74) is -1.11. The Morgan fingerprint density at radius 1 is 1.47 bits per heavy atom. The van der Waals surface area contributed by atoms with Gasteiger partial charge in [-0.2, -0.15) is 0 Å². The van der Waals surface area contributed by atoms with Crippen molar-refractivity contribution in [1.82, 2.24) is 14.3 Å². The third-order valence-corrected chi connectivity index (χ3v) is 2.32. The standard InChI is InChI=1S/C9H14N4O4/c1-5(8(15)16)4-10-6-7(14)12(2)9(17)13(3)11-6/h5H,4H2,1-3H3,(H,10,11)(H,15,16). The molecule has 2 N–H and O–H groups in total. The number of nitrogens with zero attached hydrogens (tertiary/aromatic N) is 3. The molecule has 0 radical (unpaired) electrons. The fourth-order valence-corrected chi connectivity index (χ4v) is 1.15. The molecule has 0 fully saturated rings. The molecule has 1 aromatic rings. The number of carboxylic acid groups (broad SMARTS) is 1. The van der Waals surface area contributed by atoms with E-state index in [1.807, 2.05) is 0 Å². The highest BCUT2D eigenvalue weighted by Crippen LogP contribution is 1.96. The molecule has 0 aliphatic heterocycles. The van der Waals surface area contributed by atoms with Crippen molar-refractivity contribution in [3.63, 3.8) is 0 Å². The zero-order valence-corrected chi connectivity index (χ0v) is 9.80. The smallest absolute Gasteiger partial charge is 0.346 e. The van der Waals surface area contributed by atoms with Crippen LogP contribution in [0.4, 0.5) is 5.82 Å². The molecule has 0 aliphatic rings. The maximum atomic E-state index is 11.6. The van der Waals surface area contributed by atoms with Crippen LogP contribution in [0, 0.1) is 5.92 Å². The summed E-state index contributed by atoms with van der Waals surface area (Å²) < 4.78 is 1.91. The fraction of sp³-hybridized carbons (Fsp3) is 0.556. The van der Waals surface area contributed by atoms with E-state index in [-0.39, 0.29) is 12.4 Å². The van der Waals surface area contributed by atoms with E-state index >= 15 is 0 Å². The monoisotopic (exact) mass is 242 g/mol. The van der Waals surface area contributed by atoms with E-state index in [2.05, 4.69) is 10.4 Å². The number of aliphatic carboxylic acids is 1. The van der Waals surface area contributed by atoms with E-state index in [4.69, 9.17) is 5.11 Å². The highest BCUT2D eigenvalue weighted by Gasteiger charge is 2.13. The van der Waals surface area contributed by atoms with Gasteiger partial charge in [-0.25, -0.2) is 9.48 Å². The maximum absolute atomic E-state index is 11.6. The van der Waals surface area contributed by atoms with Crippen LogP contribution in [0.2, 0.25) is 0 Å². The first-order chi connectivity index (χ1) is 7.84. The highest BCUT2D eigenvalue weighted by atomic mass is 16.4. The van der Waals surface area contributed by atoms with E-state index in [0.29, 0.717) is 0 Å². The fourth-order valence-electron chi connectivity index (χ4n) is 1.15. The molecule has 0 aliphatic carbocycles. The van der Waals surface area contributed by atoms with Crippen molar-refractivity contribution in [2.75, 3.05) is 11.9 Å². The lowest BCUT2D eigenvalue weighted by molar-refractivity contribution is -0.140. The average molecular weight is 242 g/mol. The van der Waals surface area contributed by atoms with Crippen molar-refractivity contribution in [2.45, 2.75) is 6.92 Å². The molecular formula is C9H14N4O4. The summed E-state index contributed by atoms with van der Waals surface area (Å²) in [4.78, 5) is 33.5. The Balaban J connectivity index is 2.98. The molecule has 1 rings (SSSR count). The minimum atomic E-state index is -0.973. The van der Waals surface area contributed by atoms with Gasteiger partial charge in [0.05, 0.1) is 5.92 Å². The van der Waals surface area contributed by atoms with Gasteiger partial charge in [0, 0.05) is 20.6 Å². The van der Waals surface area contributed by atoms with Gasteiger partial charge >= 0.3 is 11.7 Å². The third kappa shape index (κ3) is 2.71. The predicted octanol–water partition coefficient (Wildman–Crippen LogP) is -1.39. The van der Waals surface area contributed by atoms with Crippen LogP contribution in [0.15, 0.2) is 9.59 Å². The molecular weight excluding hydrogens is 228 g/mol. The Kier molecular flexibility index (Phi) is 3.66. The minimum Gasteiger partial charge on any atom is -0.481 e. The Morgan fingerprint density at radius 2 is 2.06 bits per heavy atom. The van der Waals surface area contributed by atoms with Crippen LogP contribution in [-0.2, 0) is 18.9 Å². The molecule has 0 saturated heterocycles. The first-order valence-electron chi connectivity index (χ1n) is 4.95. The van der Waals surface area contributed by atoms with Gasteiger partial charge in [-0.05, 0) is 0 Å². The number of anilines is 1.